The van der Waals surface area contributed by atoms with Crippen molar-refractivity contribution in [3.8, 4) is 0 Å². The molecule has 0 aliphatic heterocycles. The van der Waals surface area contributed by atoms with E-state index in [1.165, 1.54) is 28.2 Å². The minimum atomic E-state index is -3.79. The van der Waals surface area contributed by atoms with Crippen molar-refractivity contribution < 1.29 is 25.2 Å². The smallest absolute Gasteiger partial charge is 0.255 e. The monoisotopic (exact) mass is 276 g/mol. The lowest BCUT2D eigenvalue weighted by Gasteiger charge is -2.13. The maximum Gasteiger partial charge on any atom is 0.337 e. The summed E-state index contributed by atoms with van der Waals surface area (Å²) in [6.45, 7) is -0.735. The van der Waals surface area contributed by atoms with Crippen molar-refractivity contribution in [1.29, 1.82) is 0 Å². The van der Waals surface area contributed by atoms with Crippen LogP contribution in [-0.2, 0) is 29.0 Å². The molecule has 0 unspecified atom stereocenters. The molecular formula is C6H16N2O6S2. The molecule has 10 heteroatoms. The zero-order chi connectivity index (χ0) is 13.0. The van der Waals surface area contributed by atoms with Gasteiger partial charge in [-0.15, -0.1) is 0 Å². The van der Waals surface area contributed by atoms with Crippen molar-refractivity contribution in [2.75, 3.05) is 41.4 Å². The molecule has 0 fully saturated rings. The molecule has 8 nitrogen and oxygen atoms in total. The summed E-state index contributed by atoms with van der Waals surface area (Å²) in [5, 5.41) is 0. The van der Waals surface area contributed by atoms with E-state index in [9.17, 15) is 16.8 Å². The van der Waals surface area contributed by atoms with Crippen LogP contribution in [0.15, 0.2) is 0 Å². The first-order valence-electron chi connectivity index (χ1n) is 4.23. The second-order valence-corrected chi connectivity index (χ2v) is 6.77. The highest BCUT2D eigenvalue weighted by molar-refractivity contribution is 7.84. The van der Waals surface area contributed by atoms with Gasteiger partial charge in [0.2, 0.25) is 0 Å². The predicted molar refractivity (Wildman–Crippen MR) is 57.1 cm³/mol. The van der Waals surface area contributed by atoms with E-state index in [0.29, 0.717) is 0 Å². The van der Waals surface area contributed by atoms with Gasteiger partial charge in [0.05, 0.1) is 13.2 Å². The fourth-order valence-corrected chi connectivity index (χ4v) is 1.47. The van der Waals surface area contributed by atoms with Crippen LogP contribution in [0.1, 0.15) is 0 Å². The lowest BCUT2D eigenvalue weighted by molar-refractivity contribution is 0.204. The molecule has 0 saturated carbocycles. The molecule has 0 N–H and O–H groups in total. The van der Waals surface area contributed by atoms with E-state index in [0.717, 1.165) is 8.61 Å². The Balaban J connectivity index is 4.05. The van der Waals surface area contributed by atoms with Crippen molar-refractivity contribution in [3.05, 3.63) is 0 Å². The maximum atomic E-state index is 11.1. The Morgan fingerprint density at radius 3 is 1.19 bits per heavy atom. The summed E-state index contributed by atoms with van der Waals surface area (Å²) < 4.78 is 55.0. The Hall–Kier alpha value is -0.260. The second kappa shape index (κ2) is 5.89. The molecule has 0 bridgehead atoms. The zero-order valence-corrected chi connectivity index (χ0v) is 11.2. The normalized spacial score (nSPS) is 13.6. The summed E-state index contributed by atoms with van der Waals surface area (Å²) >= 11 is 0. The number of hydrogen-bond donors (Lipinski definition) is 0. The molecule has 0 aromatic heterocycles. The van der Waals surface area contributed by atoms with Crippen LogP contribution in [0.3, 0.4) is 0 Å². The summed E-state index contributed by atoms with van der Waals surface area (Å²) in [6.07, 6.45) is 0. The van der Waals surface area contributed by atoms with E-state index in [1.807, 2.05) is 0 Å². The van der Waals surface area contributed by atoms with Gasteiger partial charge in [-0.25, -0.2) is 0 Å². The van der Waals surface area contributed by atoms with Gasteiger partial charge in [0, 0.05) is 28.2 Å². The lowest BCUT2D eigenvalue weighted by atomic mass is 10.8. The summed E-state index contributed by atoms with van der Waals surface area (Å²) in [7, 11) is -2.39. The molecule has 0 aliphatic carbocycles. The van der Waals surface area contributed by atoms with E-state index in [2.05, 4.69) is 8.37 Å². The van der Waals surface area contributed by atoms with Gasteiger partial charge in [0.25, 0.3) is 0 Å². The maximum absolute atomic E-state index is 11.1. The molecule has 16 heavy (non-hydrogen) atoms. The van der Waals surface area contributed by atoms with E-state index in [4.69, 9.17) is 0 Å². The summed E-state index contributed by atoms with van der Waals surface area (Å²) in [4.78, 5) is 0. The van der Waals surface area contributed by atoms with Crippen molar-refractivity contribution in [3.63, 3.8) is 0 Å². The third kappa shape index (κ3) is 5.18. The van der Waals surface area contributed by atoms with Crippen LogP contribution >= 0.6 is 0 Å². The van der Waals surface area contributed by atoms with Crippen molar-refractivity contribution >= 4 is 20.6 Å². The first kappa shape index (κ1) is 15.7. The molecule has 0 radical (unpaired) electrons. The average Bonchev–Trinajstić information content (AvgIpc) is 2.12. The van der Waals surface area contributed by atoms with Crippen LogP contribution in [0.4, 0.5) is 0 Å². The average molecular weight is 276 g/mol. The highest BCUT2D eigenvalue weighted by Crippen LogP contribution is 1.99. The summed E-state index contributed by atoms with van der Waals surface area (Å²) in [5.74, 6) is 0. The molecule has 0 spiro atoms. The molecule has 0 rings (SSSR count). The number of rotatable bonds is 7. The van der Waals surface area contributed by atoms with Crippen LogP contribution in [0.25, 0.3) is 0 Å². The minimum Gasteiger partial charge on any atom is -0.255 e. The van der Waals surface area contributed by atoms with Crippen LogP contribution < -0.4 is 0 Å². The fourth-order valence-electron chi connectivity index (χ4n) is 0.489. The predicted octanol–water partition coefficient (Wildman–Crippen LogP) is -1.37. The van der Waals surface area contributed by atoms with Crippen LogP contribution in [0.5, 0.6) is 0 Å². The molecular weight excluding hydrogens is 260 g/mol. The Morgan fingerprint density at radius 1 is 0.750 bits per heavy atom. The zero-order valence-electron chi connectivity index (χ0n) is 9.57. The molecule has 0 saturated heterocycles. The number of hydrogen-bond acceptors (Lipinski definition) is 6. The van der Waals surface area contributed by atoms with Crippen molar-refractivity contribution in [2.45, 2.75) is 0 Å². The Labute approximate surface area is 96.3 Å². The molecule has 0 aliphatic rings. The SMILES string of the molecule is CN(C)S(=O)(=O)OCCOS(=O)(=O)N(C)C. The van der Waals surface area contributed by atoms with Crippen molar-refractivity contribution in [1.82, 2.24) is 8.61 Å². The topological polar surface area (TPSA) is 93.2 Å². The van der Waals surface area contributed by atoms with Crippen molar-refractivity contribution in [2.24, 2.45) is 0 Å². The molecule has 0 aromatic rings. The van der Waals surface area contributed by atoms with Gasteiger partial charge >= 0.3 is 20.6 Å². The Bertz CT molecular complexity index is 359. The standard InChI is InChI=1S/C6H16N2O6S2/c1-7(2)15(9,10)13-5-6-14-16(11,12)8(3)4/h5-6H2,1-4H3. The largest absolute Gasteiger partial charge is 0.337 e. The third-order valence-electron chi connectivity index (χ3n) is 1.44. The van der Waals surface area contributed by atoms with E-state index >= 15 is 0 Å². The quantitative estimate of drug-likeness (QED) is 0.533. The fraction of sp³-hybridized carbons (Fsp3) is 1.00. The molecule has 0 atom stereocenters. The first-order chi connectivity index (χ1) is 7.09. The molecule has 0 amide bonds. The van der Waals surface area contributed by atoms with Gasteiger partial charge in [0.1, 0.15) is 0 Å². The second-order valence-electron chi connectivity index (χ2n) is 3.12. The van der Waals surface area contributed by atoms with E-state index in [-0.39, 0.29) is 13.2 Å². The van der Waals surface area contributed by atoms with Gasteiger partial charge in [0.15, 0.2) is 0 Å². The van der Waals surface area contributed by atoms with Gasteiger partial charge in [-0.1, -0.05) is 0 Å². The Kier molecular flexibility index (Phi) is 5.79. The molecule has 0 aromatic carbocycles. The highest BCUT2D eigenvalue weighted by atomic mass is 32.2. The van der Waals surface area contributed by atoms with Crippen LogP contribution in [0.2, 0.25) is 0 Å². The van der Waals surface area contributed by atoms with Gasteiger partial charge < -0.3 is 0 Å². The Morgan fingerprint density at radius 2 is 1.00 bits per heavy atom. The highest BCUT2D eigenvalue weighted by Gasteiger charge is 2.17. The third-order valence-corrected chi connectivity index (χ3v) is 4.16. The first-order valence-corrected chi connectivity index (χ1v) is 6.96. The minimum absolute atomic E-state index is 0.367. The molecule has 0 heterocycles. The van der Waals surface area contributed by atoms with Crippen LogP contribution in [-0.4, -0.2) is 66.9 Å². The van der Waals surface area contributed by atoms with E-state index in [1.54, 1.807) is 0 Å². The summed E-state index contributed by atoms with van der Waals surface area (Å²) in [6, 6.07) is 0. The number of nitrogens with zero attached hydrogens (tertiary/aromatic N) is 2. The van der Waals surface area contributed by atoms with Gasteiger partial charge in [-0.05, 0) is 0 Å². The van der Waals surface area contributed by atoms with Crippen LogP contribution in [0, 0.1) is 0 Å². The van der Waals surface area contributed by atoms with Gasteiger partial charge in [-0.2, -0.15) is 25.4 Å². The van der Waals surface area contributed by atoms with Gasteiger partial charge in [-0.3, -0.25) is 8.37 Å². The molecule has 98 valence electrons. The summed E-state index contributed by atoms with van der Waals surface area (Å²) in [5.41, 5.74) is 0. The van der Waals surface area contributed by atoms with E-state index < -0.39 is 20.6 Å². The lowest BCUT2D eigenvalue weighted by Crippen LogP contribution is -2.28.